The normalized spacial score (nSPS) is 16.9. The molecule has 1 aliphatic rings. The Morgan fingerprint density at radius 1 is 1.47 bits per heavy atom. The summed E-state index contributed by atoms with van der Waals surface area (Å²) in [5.41, 5.74) is 3.79. The highest BCUT2D eigenvalue weighted by molar-refractivity contribution is 7.11. The molecule has 0 aliphatic carbocycles. The highest BCUT2D eigenvalue weighted by atomic mass is 32.1. The Kier molecular flexibility index (Phi) is 5.54. The molecule has 4 nitrogen and oxygen atoms in total. The van der Waals surface area contributed by atoms with E-state index in [1.165, 1.54) is 24.8 Å². The van der Waals surface area contributed by atoms with Gasteiger partial charge < -0.3 is 4.90 Å². The van der Waals surface area contributed by atoms with Crippen LogP contribution in [0.4, 0.5) is 0 Å². The summed E-state index contributed by atoms with van der Waals surface area (Å²) in [6.45, 7) is 5.14. The molecule has 0 unspecified atom stereocenters. The smallest absolute Gasteiger partial charge is 0.241 e. The van der Waals surface area contributed by atoms with E-state index in [4.69, 9.17) is 0 Å². The van der Waals surface area contributed by atoms with Crippen LogP contribution in [0, 0.1) is 6.92 Å². The van der Waals surface area contributed by atoms with E-state index >= 15 is 0 Å². The molecule has 1 aromatic heterocycles. The fourth-order valence-electron chi connectivity index (χ4n) is 2.18. The molecule has 0 aromatic carbocycles. The van der Waals surface area contributed by atoms with Gasteiger partial charge in [-0.2, -0.15) is 5.10 Å². The van der Waals surface area contributed by atoms with E-state index in [-0.39, 0.29) is 5.91 Å². The lowest BCUT2D eigenvalue weighted by Crippen LogP contribution is -2.33. The number of hydrazone groups is 1. The zero-order valence-corrected chi connectivity index (χ0v) is 12.2. The molecule has 1 saturated heterocycles. The maximum Gasteiger partial charge on any atom is 0.241 e. The number of rotatable bonds is 5. The number of hydrogen-bond donors (Lipinski definition) is 1. The van der Waals surface area contributed by atoms with Crippen molar-refractivity contribution in [1.29, 1.82) is 0 Å². The Morgan fingerprint density at radius 3 is 2.95 bits per heavy atom. The van der Waals surface area contributed by atoms with Crippen molar-refractivity contribution in [2.75, 3.05) is 19.6 Å². The van der Waals surface area contributed by atoms with Crippen molar-refractivity contribution in [3.8, 4) is 0 Å². The Labute approximate surface area is 118 Å². The topological polar surface area (TPSA) is 44.7 Å². The number of carbonyl (C=O) groups excluding carboxylic acids is 1. The molecule has 5 heteroatoms. The Morgan fingerprint density at radius 2 is 2.26 bits per heavy atom. The largest absolute Gasteiger partial charge is 0.303 e. The van der Waals surface area contributed by atoms with E-state index in [9.17, 15) is 4.79 Å². The van der Waals surface area contributed by atoms with Gasteiger partial charge in [-0.15, -0.1) is 11.3 Å². The summed E-state index contributed by atoms with van der Waals surface area (Å²) in [5, 5.41) is 6.03. The molecule has 0 atom stereocenters. The number of aryl methyl sites for hydroxylation is 1. The second kappa shape index (κ2) is 7.40. The first-order chi connectivity index (χ1) is 9.25. The third kappa shape index (κ3) is 4.76. The van der Waals surface area contributed by atoms with Gasteiger partial charge >= 0.3 is 0 Å². The van der Waals surface area contributed by atoms with Crippen LogP contribution < -0.4 is 5.43 Å². The maximum absolute atomic E-state index is 11.7. The van der Waals surface area contributed by atoms with Crippen LogP contribution in [-0.4, -0.2) is 36.7 Å². The lowest BCUT2D eigenvalue weighted by atomic mass is 10.1. The van der Waals surface area contributed by atoms with Crippen LogP contribution in [-0.2, 0) is 4.79 Å². The third-order valence-electron chi connectivity index (χ3n) is 3.38. The summed E-state index contributed by atoms with van der Waals surface area (Å²) >= 11 is 1.63. The molecule has 1 N–H and O–H groups in total. The number of nitrogens with one attached hydrogen (secondary N) is 1. The van der Waals surface area contributed by atoms with Crippen molar-refractivity contribution >= 4 is 23.5 Å². The molecule has 1 aliphatic heterocycles. The van der Waals surface area contributed by atoms with Crippen LogP contribution in [0.5, 0.6) is 0 Å². The number of nitrogens with zero attached hydrogens (tertiary/aromatic N) is 2. The number of amides is 1. The van der Waals surface area contributed by atoms with Gasteiger partial charge in [-0.05, 0) is 49.9 Å². The van der Waals surface area contributed by atoms with Gasteiger partial charge in [0.05, 0.1) is 6.21 Å². The van der Waals surface area contributed by atoms with E-state index in [0.717, 1.165) is 24.5 Å². The van der Waals surface area contributed by atoms with Gasteiger partial charge in [-0.25, -0.2) is 5.43 Å². The SMILES string of the molecule is Cc1ccsc1/C=N/NC(=O)CCN1CCCCC1. The zero-order valence-electron chi connectivity index (χ0n) is 11.4. The van der Waals surface area contributed by atoms with Crippen LogP contribution in [0.2, 0.25) is 0 Å². The predicted octanol–water partition coefficient (Wildman–Crippen LogP) is 2.38. The fraction of sp³-hybridized carbons (Fsp3) is 0.571. The first kappa shape index (κ1) is 14.2. The minimum Gasteiger partial charge on any atom is -0.303 e. The van der Waals surface area contributed by atoms with Gasteiger partial charge in [0, 0.05) is 17.8 Å². The minimum absolute atomic E-state index is 0.00367. The van der Waals surface area contributed by atoms with E-state index in [2.05, 4.69) is 15.4 Å². The van der Waals surface area contributed by atoms with Gasteiger partial charge in [-0.1, -0.05) is 6.42 Å². The number of thiophene rings is 1. The van der Waals surface area contributed by atoms with Crippen LogP contribution in [0.25, 0.3) is 0 Å². The van der Waals surface area contributed by atoms with Gasteiger partial charge in [0.2, 0.25) is 5.91 Å². The lowest BCUT2D eigenvalue weighted by molar-refractivity contribution is -0.121. The molecule has 0 radical (unpaired) electrons. The van der Waals surface area contributed by atoms with E-state index in [1.807, 2.05) is 18.4 Å². The summed E-state index contributed by atoms with van der Waals surface area (Å²) in [7, 11) is 0. The summed E-state index contributed by atoms with van der Waals surface area (Å²) in [6.07, 6.45) is 6.10. The summed E-state index contributed by atoms with van der Waals surface area (Å²) in [5.74, 6) is -0.00367. The lowest BCUT2D eigenvalue weighted by Gasteiger charge is -2.25. The van der Waals surface area contributed by atoms with Gasteiger partial charge in [-0.3, -0.25) is 4.79 Å². The van der Waals surface area contributed by atoms with Crippen LogP contribution in [0.1, 0.15) is 36.1 Å². The molecule has 0 saturated carbocycles. The molecule has 0 bridgehead atoms. The fourth-order valence-corrected chi connectivity index (χ4v) is 2.96. The number of hydrogen-bond acceptors (Lipinski definition) is 4. The predicted molar refractivity (Wildman–Crippen MR) is 79.7 cm³/mol. The number of piperidine rings is 1. The molecule has 1 fully saturated rings. The third-order valence-corrected chi connectivity index (χ3v) is 4.33. The number of carbonyl (C=O) groups is 1. The van der Waals surface area contributed by atoms with Gasteiger partial charge in [0.15, 0.2) is 0 Å². The first-order valence-electron chi connectivity index (χ1n) is 6.84. The highest BCUT2D eigenvalue weighted by Gasteiger charge is 2.11. The van der Waals surface area contributed by atoms with Gasteiger partial charge in [0.25, 0.3) is 0 Å². The van der Waals surface area contributed by atoms with E-state index < -0.39 is 0 Å². The summed E-state index contributed by atoms with van der Waals surface area (Å²) < 4.78 is 0. The quantitative estimate of drug-likeness (QED) is 0.664. The molecule has 1 aromatic rings. The average molecular weight is 279 g/mol. The molecule has 1 amide bonds. The molecule has 2 heterocycles. The molecule has 2 rings (SSSR count). The summed E-state index contributed by atoms with van der Waals surface area (Å²) in [6, 6.07) is 2.05. The Balaban J connectivity index is 1.67. The van der Waals surface area contributed by atoms with Crippen molar-refractivity contribution < 1.29 is 4.79 Å². The van der Waals surface area contributed by atoms with Crippen LogP contribution in [0.15, 0.2) is 16.5 Å². The Bertz CT molecular complexity index is 436. The zero-order chi connectivity index (χ0) is 13.5. The average Bonchev–Trinajstić information content (AvgIpc) is 2.83. The monoisotopic (exact) mass is 279 g/mol. The first-order valence-corrected chi connectivity index (χ1v) is 7.72. The van der Waals surface area contributed by atoms with Crippen LogP contribution >= 0.6 is 11.3 Å². The minimum atomic E-state index is -0.00367. The molecule has 0 spiro atoms. The van der Waals surface area contributed by atoms with Gasteiger partial charge in [0.1, 0.15) is 0 Å². The molecular weight excluding hydrogens is 258 g/mol. The number of likely N-dealkylation sites (tertiary alicyclic amines) is 1. The van der Waals surface area contributed by atoms with Crippen molar-refractivity contribution in [3.63, 3.8) is 0 Å². The van der Waals surface area contributed by atoms with Crippen molar-refractivity contribution in [2.24, 2.45) is 5.10 Å². The standard InChI is InChI=1S/C14H21N3OS/c1-12-6-10-19-13(12)11-15-16-14(18)5-9-17-7-3-2-4-8-17/h6,10-11H,2-5,7-9H2,1H3,(H,16,18)/b15-11+. The van der Waals surface area contributed by atoms with Crippen LogP contribution in [0.3, 0.4) is 0 Å². The summed E-state index contributed by atoms with van der Waals surface area (Å²) in [4.78, 5) is 15.1. The second-order valence-electron chi connectivity index (χ2n) is 4.91. The molecular formula is C14H21N3OS. The highest BCUT2D eigenvalue weighted by Crippen LogP contribution is 2.12. The Hall–Kier alpha value is -1.20. The van der Waals surface area contributed by atoms with E-state index in [0.29, 0.717) is 6.42 Å². The van der Waals surface area contributed by atoms with Crippen molar-refractivity contribution in [2.45, 2.75) is 32.6 Å². The maximum atomic E-state index is 11.7. The second-order valence-corrected chi connectivity index (χ2v) is 5.86. The molecule has 19 heavy (non-hydrogen) atoms. The van der Waals surface area contributed by atoms with Crippen molar-refractivity contribution in [1.82, 2.24) is 10.3 Å². The van der Waals surface area contributed by atoms with Crippen molar-refractivity contribution in [3.05, 3.63) is 21.9 Å². The molecule has 104 valence electrons. The van der Waals surface area contributed by atoms with E-state index in [1.54, 1.807) is 17.6 Å².